The van der Waals surface area contributed by atoms with Crippen LogP contribution in [0.25, 0.3) is 4.85 Å². The molecule has 2 saturated carbocycles. The van der Waals surface area contributed by atoms with Crippen molar-refractivity contribution < 1.29 is 19.1 Å². The minimum atomic E-state index is -0.159. The molecular formula is C25H29ClN4O4. The fraction of sp³-hybridized carbons (Fsp3) is 0.520. The van der Waals surface area contributed by atoms with Crippen LogP contribution in [0, 0.1) is 12.5 Å². The summed E-state index contributed by atoms with van der Waals surface area (Å²) in [4.78, 5) is 27.8. The van der Waals surface area contributed by atoms with E-state index < -0.39 is 0 Å². The number of esters is 1. The lowest BCUT2D eigenvalue weighted by atomic mass is 9.86. The normalized spacial score (nSPS) is 24.6. The number of methoxy groups -OCH3 is 1. The number of halogens is 1. The minimum Gasteiger partial charge on any atom is -0.490 e. The predicted molar refractivity (Wildman–Crippen MR) is 127 cm³/mol. The quantitative estimate of drug-likeness (QED) is 0.454. The van der Waals surface area contributed by atoms with Gasteiger partial charge in [-0.25, -0.2) is 4.85 Å². The smallest absolute Gasteiger partial charge is 0.308 e. The van der Waals surface area contributed by atoms with E-state index >= 15 is 0 Å². The maximum absolute atomic E-state index is 12.7. The third-order valence-corrected chi connectivity index (χ3v) is 7.10. The van der Waals surface area contributed by atoms with Crippen molar-refractivity contribution in [2.24, 2.45) is 5.92 Å². The molecule has 1 heterocycles. The Morgan fingerprint density at radius 1 is 1.12 bits per heavy atom. The van der Waals surface area contributed by atoms with E-state index in [-0.39, 0.29) is 36.0 Å². The number of nitrogens with zero attached hydrogens (tertiary/aromatic N) is 3. The van der Waals surface area contributed by atoms with Gasteiger partial charge in [-0.1, -0.05) is 17.7 Å². The molecule has 4 rings (SSSR count). The molecule has 0 atom stereocenters. The van der Waals surface area contributed by atoms with Gasteiger partial charge in [0.15, 0.2) is 0 Å². The molecule has 9 heteroatoms. The van der Waals surface area contributed by atoms with Crippen LogP contribution >= 0.6 is 11.6 Å². The van der Waals surface area contributed by atoms with Gasteiger partial charge in [0.2, 0.25) is 5.69 Å². The lowest BCUT2D eigenvalue weighted by molar-refractivity contribution is -0.146. The number of benzene rings is 1. The fourth-order valence-corrected chi connectivity index (χ4v) is 5.05. The Labute approximate surface area is 204 Å². The number of nitrogens with one attached hydrogen (secondary N) is 1. The molecular weight excluding hydrogens is 456 g/mol. The van der Waals surface area contributed by atoms with Crippen molar-refractivity contribution in [1.82, 2.24) is 15.1 Å². The van der Waals surface area contributed by atoms with Gasteiger partial charge in [-0.2, -0.15) is 5.10 Å². The fourth-order valence-electron chi connectivity index (χ4n) is 4.83. The zero-order valence-corrected chi connectivity index (χ0v) is 20.0. The molecule has 1 N–H and O–H groups in total. The summed E-state index contributed by atoms with van der Waals surface area (Å²) in [5.41, 5.74) is 0.833. The van der Waals surface area contributed by atoms with Crippen LogP contribution in [0.3, 0.4) is 0 Å². The van der Waals surface area contributed by atoms with Crippen molar-refractivity contribution >= 4 is 29.2 Å². The van der Waals surface area contributed by atoms with E-state index in [4.69, 9.17) is 27.6 Å². The number of rotatable bonds is 6. The molecule has 0 saturated heterocycles. The molecule has 0 unspecified atom stereocenters. The number of carbonyl (C=O) groups excluding carboxylic acids is 2. The van der Waals surface area contributed by atoms with Crippen molar-refractivity contribution in [3.63, 3.8) is 0 Å². The van der Waals surface area contributed by atoms with Gasteiger partial charge in [0.05, 0.1) is 36.8 Å². The van der Waals surface area contributed by atoms with Crippen LogP contribution in [0.4, 0.5) is 5.69 Å². The van der Waals surface area contributed by atoms with Crippen molar-refractivity contribution in [1.29, 1.82) is 0 Å². The van der Waals surface area contributed by atoms with Crippen LogP contribution in [0.5, 0.6) is 5.75 Å². The second kappa shape index (κ2) is 10.9. The van der Waals surface area contributed by atoms with E-state index in [0.29, 0.717) is 22.2 Å². The van der Waals surface area contributed by atoms with E-state index in [1.54, 1.807) is 24.3 Å². The zero-order chi connectivity index (χ0) is 24.1. The van der Waals surface area contributed by atoms with Crippen molar-refractivity contribution in [2.75, 3.05) is 7.11 Å². The summed E-state index contributed by atoms with van der Waals surface area (Å²) < 4.78 is 12.7. The van der Waals surface area contributed by atoms with Crippen molar-refractivity contribution in [3.05, 3.63) is 52.6 Å². The molecule has 1 aromatic carbocycles. The maximum atomic E-state index is 12.7. The van der Waals surface area contributed by atoms with Crippen LogP contribution in [-0.4, -0.2) is 40.9 Å². The molecule has 1 amide bonds. The molecule has 0 radical (unpaired) electrons. The summed E-state index contributed by atoms with van der Waals surface area (Å²) in [5, 5.41) is 8.01. The van der Waals surface area contributed by atoms with Crippen LogP contribution in [0.2, 0.25) is 5.02 Å². The molecule has 2 aromatic rings. The summed E-state index contributed by atoms with van der Waals surface area (Å²) in [6.07, 6.45) is 8.45. The third-order valence-electron chi connectivity index (χ3n) is 6.80. The number of aromatic nitrogens is 2. The Morgan fingerprint density at radius 3 is 2.50 bits per heavy atom. The van der Waals surface area contributed by atoms with Crippen LogP contribution in [-0.2, 0) is 9.53 Å². The van der Waals surface area contributed by atoms with Crippen LogP contribution < -0.4 is 10.1 Å². The summed E-state index contributed by atoms with van der Waals surface area (Å²) in [6, 6.07) is 7.16. The Balaban J connectivity index is 1.23. The van der Waals surface area contributed by atoms with E-state index in [2.05, 4.69) is 15.3 Å². The van der Waals surface area contributed by atoms with Gasteiger partial charge in [-0.15, -0.1) is 0 Å². The first kappa shape index (κ1) is 24.1. The van der Waals surface area contributed by atoms with Gasteiger partial charge in [0.1, 0.15) is 11.4 Å². The average Bonchev–Trinajstić information content (AvgIpc) is 3.36. The Kier molecular flexibility index (Phi) is 7.73. The highest BCUT2D eigenvalue weighted by atomic mass is 35.5. The summed E-state index contributed by atoms with van der Waals surface area (Å²) in [6.45, 7) is 7.07. The predicted octanol–water partition coefficient (Wildman–Crippen LogP) is 5.11. The molecule has 0 spiro atoms. The van der Waals surface area contributed by atoms with E-state index in [9.17, 15) is 9.59 Å². The van der Waals surface area contributed by atoms with E-state index in [1.165, 1.54) is 7.11 Å². The topological polar surface area (TPSA) is 86.8 Å². The largest absolute Gasteiger partial charge is 0.490 e. The van der Waals surface area contributed by atoms with E-state index in [1.807, 2.05) is 10.9 Å². The summed E-state index contributed by atoms with van der Waals surface area (Å²) in [7, 11) is 1.43. The monoisotopic (exact) mass is 484 g/mol. The Morgan fingerprint density at radius 2 is 1.85 bits per heavy atom. The first-order valence-electron chi connectivity index (χ1n) is 11.7. The molecule has 0 aliphatic heterocycles. The third kappa shape index (κ3) is 5.71. The molecule has 8 nitrogen and oxygen atoms in total. The molecule has 180 valence electrons. The van der Waals surface area contributed by atoms with Gasteiger partial charge >= 0.3 is 5.97 Å². The number of carbonyl (C=O) groups is 2. The standard InChI is InChI=1S/C25H29ClN4O4/c1-27-22-12-11-20(15-21(22)26)34-19-9-5-17(6-10-19)28-24(31)23-13-14-30(29-23)18-7-3-16(4-8-18)25(32)33-2/h11-19H,3-10H2,2H3,(H,28,31). The number of hydrogen-bond acceptors (Lipinski definition) is 5. The van der Waals surface area contributed by atoms with Gasteiger partial charge in [-0.3, -0.25) is 14.3 Å². The minimum absolute atomic E-state index is 0.0335. The first-order chi connectivity index (χ1) is 16.5. The highest BCUT2D eigenvalue weighted by Gasteiger charge is 2.29. The SMILES string of the molecule is [C-]#[N+]c1ccc(OC2CCC(NC(=O)c3ccn(C4CCC(C(=O)OC)CC4)n3)CC2)cc1Cl. The molecule has 1 aromatic heterocycles. The number of amides is 1. The second-order valence-electron chi connectivity index (χ2n) is 9.00. The lowest BCUT2D eigenvalue weighted by Gasteiger charge is -2.29. The van der Waals surface area contributed by atoms with Gasteiger partial charge in [-0.05, 0) is 69.6 Å². The van der Waals surface area contributed by atoms with Gasteiger partial charge < -0.3 is 14.8 Å². The highest BCUT2D eigenvalue weighted by Crippen LogP contribution is 2.33. The van der Waals surface area contributed by atoms with Crippen molar-refractivity contribution in [2.45, 2.75) is 69.6 Å². The molecule has 0 bridgehead atoms. The van der Waals surface area contributed by atoms with Crippen molar-refractivity contribution in [3.8, 4) is 5.75 Å². The van der Waals surface area contributed by atoms with E-state index in [0.717, 1.165) is 51.4 Å². The molecule has 34 heavy (non-hydrogen) atoms. The lowest BCUT2D eigenvalue weighted by Crippen LogP contribution is -2.40. The van der Waals surface area contributed by atoms with Gasteiger partial charge in [0, 0.05) is 12.2 Å². The molecule has 2 fully saturated rings. The molecule has 2 aliphatic rings. The highest BCUT2D eigenvalue weighted by molar-refractivity contribution is 6.33. The Hall–Kier alpha value is -3.05. The summed E-state index contributed by atoms with van der Waals surface area (Å²) >= 11 is 6.09. The zero-order valence-electron chi connectivity index (χ0n) is 19.2. The number of hydrogen-bond donors (Lipinski definition) is 1. The average molecular weight is 485 g/mol. The Bertz CT molecular complexity index is 1060. The summed E-state index contributed by atoms with van der Waals surface area (Å²) in [5.74, 6) is 0.332. The number of ether oxygens (including phenoxy) is 2. The maximum Gasteiger partial charge on any atom is 0.308 e. The first-order valence-corrected chi connectivity index (χ1v) is 12.1. The van der Waals surface area contributed by atoms with Crippen LogP contribution in [0.1, 0.15) is 67.9 Å². The second-order valence-corrected chi connectivity index (χ2v) is 9.41. The van der Waals surface area contributed by atoms with Crippen LogP contribution in [0.15, 0.2) is 30.5 Å². The van der Waals surface area contributed by atoms with Gasteiger partial charge in [0.25, 0.3) is 5.91 Å². The molecule has 2 aliphatic carbocycles.